The second kappa shape index (κ2) is 8.62. The van der Waals surface area contributed by atoms with E-state index in [1.54, 1.807) is 24.0 Å². The predicted octanol–water partition coefficient (Wildman–Crippen LogP) is 3.61. The molecule has 0 spiro atoms. The summed E-state index contributed by atoms with van der Waals surface area (Å²) in [4.78, 5) is 28.2. The van der Waals surface area contributed by atoms with Gasteiger partial charge in [0, 0.05) is 54.8 Å². The first kappa shape index (κ1) is 22.0. The summed E-state index contributed by atoms with van der Waals surface area (Å²) < 4.78 is 7.32. The van der Waals surface area contributed by atoms with Crippen LogP contribution in [0.25, 0.3) is 27.8 Å². The van der Waals surface area contributed by atoms with Gasteiger partial charge in [0.1, 0.15) is 11.6 Å². The van der Waals surface area contributed by atoms with E-state index in [1.807, 2.05) is 18.2 Å². The second-order valence-electron chi connectivity index (χ2n) is 8.99. The standard InChI is InChI=1S/C24H25ClN8O2/c1-13-12-32(7-8-35-13)18-5-6-20-30-23(31-33(20)21(18)25)17-11-28-22(26-2)16-10-27-19(9-15(16)17)29-24(34)14-3-4-14/h5-6,9-11,13-14H,3-4,7-8,12H2,1-2H3,(H,26,28)(H,27,29,34). The minimum Gasteiger partial charge on any atom is -0.375 e. The van der Waals surface area contributed by atoms with Gasteiger partial charge in [0.25, 0.3) is 0 Å². The molecule has 11 heteroatoms. The summed E-state index contributed by atoms with van der Waals surface area (Å²) in [5.41, 5.74) is 2.26. The number of anilines is 3. The van der Waals surface area contributed by atoms with E-state index in [0.29, 0.717) is 34.9 Å². The van der Waals surface area contributed by atoms with E-state index in [2.05, 4.69) is 32.4 Å². The van der Waals surface area contributed by atoms with Crippen molar-refractivity contribution in [3.63, 3.8) is 0 Å². The van der Waals surface area contributed by atoms with Crippen LogP contribution in [0, 0.1) is 5.92 Å². The molecule has 1 saturated carbocycles. The van der Waals surface area contributed by atoms with Gasteiger partial charge in [-0.05, 0) is 38.0 Å². The number of carbonyl (C=O) groups excluding carboxylic acids is 1. The molecule has 2 fully saturated rings. The molecule has 35 heavy (non-hydrogen) atoms. The molecule has 1 unspecified atom stereocenters. The number of ether oxygens (including phenoxy) is 1. The normalized spacial score (nSPS) is 18.3. The first-order valence-corrected chi connectivity index (χ1v) is 12.1. The summed E-state index contributed by atoms with van der Waals surface area (Å²) in [7, 11) is 1.81. The Morgan fingerprint density at radius 2 is 2.06 bits per heavy atom. The van der Waals surface area contributed by atoms with Gasteiger partial charge >= 0.3 is 0 Å². The topological polar surface area (TPSA) is 110 Å². The maximum atomic E-state index is 12.3. The lowest BCUT2D eigenvalue weighted by atomic mass is 10.1. The molecule has 1 atom stereocenters. The van der Waals surface area contributed by atoms with Gasteiger partial charge in [0.05, 0.1) is 18.4 Å². The van der Waals surface area contributed by atoms with Crippen molar-refractivity contribution >= 4 is 51.3 Å². The number of halogens is 1. The van der Waals surface area contributed by atoms with Gasteiger partial charge in [-0.1, -0.05) is 11.6 Å². The summed E-state index contributed by atoms with van der Waals surface area (Å²) in [6, 6.07) is 5.74. The van der Waals surface area contributed by atoms with Crippen molar-refractivity contribution < 1.29 is 9.53 Å². The first-order chi connectivity index (χ1) is 17.0. The van der Waals surface area contributed by atoms with Gasteiger partial charge in [0.15, 0.2) is 16.6 Å². The number of nitrogens with zero attached hydrogens (tertiary/aromatic N) is 6. The number of fused-ring (bicyclic) bond motifs is 2. The number of pyridine rings is 3. The zero-order chi connectivity index (χ0) is 24.1. The van der Waals surface area contributed by atoms with Crippen molar-refractivity contribution in [1.82, 2.24) is 24.6 Å². The largest absolute Gasteiger partial charge is 0.375 e. The highest BCUT2D eigenvalue weighted by atomic mass is 35.5. The van der Waals surface area contributed by atoms with Crippen LogP contribution < -0.4 is 15.5 Å². The fourth-order valence-electron chi connectivity index (χ4n) is 4.45. The molecule has 0 radical (unpaired) electrons. The van der Waals surface area contributed by atoms with E-state index in [-0.39, 0.29) is 17.9 Å². The number of morpholine rings is 1. The minimum absolute atomic E-state index is 0.00361. The lowest BCUT2D eigenvalue weighted by Crippen LogP contribution is -2.41. The molecular formula is C24H25ClN8O2. The number of rotatable bonds is 5. The highest BCUT2D eigenvalue weighted by molar-refractivity contribution is 6.32. The first-order valence-electron chi connectivity index (χ1n) is 11.7. The third-order valence-electron chi connectivity index (χ3n) is 6.45. The Morgan fingerprint density at radius 1 is 1.20 bits per heavy atom. The second-order valence-corrected chi connectivity index (χ2v) is 9.35. The van der Waals surface area contributed by atoms with Crippen LogP contribution >= 0.6 is 11.6 Å². The van der Waals surface area contributed by atoms with E-state index in [9.17, 15) is 4.79 Å². The fourth-order valence-corrected chi connectivity index (χ4v) is 4.76. The number of amides is 1. The van der Waals surface area contributed by atoms with Crippen LogP contribution in [-0.4, -0.2) is 63.3 Å². The van der Waals surface area contributed by atoms with Gasteiger partial charge in [-0.3, -0.25) is 4.79 Å². The van der Waals surface area contributed by atoms with Crippen LogP contribution in [-0.2, 0) is 9.53 Å². The quantitative estimate of drug-likeness (QED) is 0.407. The smallest absolute Gasteiger partial charge is 0.228 e. The van der Waals surface area contributed by atoms with Crippen molar-refractivity contribution in [1.29, 1.82) is 0 Å². The average Bonchev–Trinajstić information content (AvgIpc) is 3.62. The Labute approximate surface area is 206 Å². The van der Waals surface area contributed by atoms with Crippen molar-refractivity contribution in [3.8, 4) is 11.4 Å². The number of hydrogen-bond acceptors (Lipinski definition) is 8. The molecule has 1 saturated heterocycles. The van der Waals surface area contributed by atoms with Crippen LogP contribution in [0.5, 0.6) is 0 Å². The number of nitrogens with one attached hydrogen (secondary N) is 2. The Balaban J connectivity index is 1.43. The third kappa shape index (κ3) is 4.02. The van der Waals surface area contributed by atoms with Crippen LogP contribution in [0.1, 0.15) is 19.8 Å². The average molecular weight is 493 g/mol. The molecule has 2 N–H and O–H groups in total. The molecule has 10 nitrogen and oxygen atoms in total. The van der Waals surface area contributed by atoms with Gasteiger partial charge < -0.3 is 20.3 Å². The van der Waals surface area contributed by atoms with E-state index in [1.165, 1.54) is 0 Å². The van der Waals surface area contributed by atoms with Gasteiger partial charge in [-0.15, -0.1) is 5.10 Å². The maximum absolute atomic E-state index is 12.3. The van der Waals surface area contributed by atoms with Gasteiger partial charge in [0.2, 0.25) is 5.91 Å². The molecule has 180 valence electrons. The number of hydrogen-bond donors (Lipinski definition) is 2. The molecule has 1 aliphatic heterocycles. The highest BCUT2D eigenvalue weighted by Gasteiger charge is 2.30. The van der Waals surface area contributed by atoms with Crippen molar-refractivity contribution in [2.24, 2.45) is 5.92 Å². The third-order valence-corrected chi connectivity index (χ3v) is 6.80. The van der Waals surface area contributed by atoms with Crippen LogP contribution in [0.15, 0.2) is 30.6 Å². The Morgan fingerprint density at radius 3 is 2.83 bits per heavy atom. The molecule has 1 aliphatic carbocycles. The summed E-state index contributed by atoms with van der Waals surface area (Å²) in [6.07, 6.45) is 5.42. The molecule has 2 aliphatic rings. The molecule has 0 bridgehead atoms. The number of carbonyl (C=O) groups is 1. The Bertz CT molecular complexity index is 1450. The minimum atomic E-state index is 0.00361. The molecule has 4 aromatic heterocycles. The molecular weight excluding hydrogens is 468 g/mol. The van der Waals surface area contributed by atoms with Gasteiger partial charge in [-0.2, -0.15) is 4.52 Å². The summed E-state index contributed by atoms with van der Waals surface area (Å²) in [6.45, 7) is 4.23. The fraction of sp³-hybridized carbons (Fsp3) is 0.375. The highest BCUT2D eigenvalue weighted by Crippen LogP contribution is 2.34. The lowest BCUT2D eigenvalue weighted by Gasteiger charge is -2.33. The van der Waals surface area contributed by atoms with Crippen molar-refractivity contribution in [2.45, 2.75) is 25.9 Å². The summed E-state index contributed by atoms with van der Waals surface area (Å²) >= 11 is 6.80. The SMILES string of the molecule is CNc1ncc(-c2nc3ccc(N4CCOC(C)C4)c(Cl)n3n2)c2cc(NC(=O)C3CC3)ncc12. The Kier molecular flexibility index (Phi) is 5.42. The molecule has 6 rings (SSSR count). The van der Waals surface area contributed by atoms with E-state index < -0.39 is 0 Å². The van der Waals surface area contributed by atoms with Crippen LogP contribution in [0.3, 0.4) is 0 Å². The van der Waals surface area contributed by atoms with Crippen LogP contribution in [0.4, 0.5) is 17.3 Å². The summed E-state index contributed by atoms with van der Waals surface area (Å²) in [5.74, 6) is 1.76. The summed E-state index contributed by atoms with van der Waals surface area (Å²) in [5, 5.41) is 12.9. The van der Waals surface area contributed by atoms with E-state index in [4.69, 9.17) is 26.4 Å². The van der Waals surface area contributed by atoms with Crippen LogP contribution in [0.2, 0.25) is 5.15 Å². The van der Waals surface area contributed by atoms with Crippen molar-refractivity contribution in [3.05, 3.63) is 35.7 Å². The molecule has 1 amide bonds. The lowest BCUT2D eigenvalue weighted by molar-refractivity contribution is -0.117. The molecule has 0 aromatic carbocycles. The van der Waals surface area contributed by atoms with Crippen molar-refractivity contribution in [2.75, 3.05) is 42.3 Å². The maximum Gasteiger partial charge on any atom is 0.228 e. The van der Waals surface area contributed by atoms with Gasteiger partial charge in [-0.25, -0.2) is 15.0 Å². The monoisotopic (exact) mass is 492 g/mol. The molecule has 4 aromatic rings. The predicted molar refractivity (Wildman–Crippen MR) is 135 cm³/mol. The zero-order valence-corrected chi connectivity index (χ0v) is 20.2. The van der Waals surface area contributed by atoms with E-state index >= 15 is 0 Å². The number of aromatic nitrogens is 5. The molecule has 5 heterocycles. The Hall–Kier alpha value is -3.50. The zero-order valence-electron chi connectivity index (χ0n) is 19.5. The van der Waals surface area contributed by atoms with E-state index in [0.717, 1.165) is 48.0 Å².